The zero-order valence-electron chi connectivity index (χ0n) is 10.1. The number of nitrogens with zero attached hydrogens (tertiary/aromatic N) is 1. The zero-order valence-corrected chi connectivity index (χ0v) is 11.6. The van der Waals surface area contributed by atoms with E-state index in [1.165, 1.54) is 12.3 Å². The van der Waals surface area contributed by atoms with Gasteiger partial charge in [-0.3, -0.25) is 4.79 Å². The molecule has 20 heavy (non-hydrogen) atoms. The summed E-state index contributed by atoms with van der Waals surface area (Å²) in [4.78, 5) is 16.0. The van der Waals surface area contributed by atoms with E-state index in [4.69, 9.17) is 11.6 Å². The number of nitrogens with one attached hydrogen (secondary N) is 1. The van der Waals surface area contributed by atoms with Crippen molar-refractivity contribution < 1.29 is 13.6 Å². The molecule has 2 aromatic rings. The standard InChI is InChI=1S/C13H9ClF2N2OS/c14-13-11(2-1-5-17-13)18-12(19)7-20-8-3-4-9(15)10(16)6-8/h1-6H,7H2,(H,18,19). The van der Waals surface area contributed by atoms with Crippen LogP contribution in [0.25, 0.3) is 0 Å². The molecule has 0 saturated carbocycles. The third kappa shape index (κ3) is 3.91. The second-order valence-corrected chi connectivity index (χ2v) is 5.16. The average Bonchev–Trinajstić information content (AvgIpc) is 2.43. The Bertz CT molecular complexity index is 640. The Hall–Kier alpha value is -1.66. The Kier molecular flexibility index (Phi) is 4.92. The molecule has 0 atom stereocenters. The summed E-state index contributed by atoms with van der Waals surface area (Å²) in [6, 6.07) is 6.74. The zero-order chi connectivity index (χ0) is 14.5. The highest BCUT2D eigenvalue weighted by Crippen LogP contribution is 2.22. The maximum absolute atomic E-state index is 13.0. The van der Waals surface area contributed by atoms with Gasteiger partial charge in [0.25, 0.3) is 0 Å². The molecule has 0 aliphatic rings. The Morgan fingerprint density at radius 1 is 1.30 bits per heavy atom. The normalized spacial score (nSPS) is 10.3. The second-order valence-electron chi connectivity index (χ2n) is 3.75. The second kappa shape index (κ2) is 6.67. The van der Waals surface area contributed by atoms with E-state index in [0.717, 1.165) is 23.9 Å². The first-order valence-corrected chi connectivity index (χ1v) is 6.91. The van der Waals surface area contributed by atoms with Crippen LogP contribution in [0, 0.1) is 11.6 Å². The van der Waals surface area contributed by atoms with Crippen LogP contribution in [-0.4, -0.2) is 16.6 Å². The molecule has 0 bridgehead atoms. The number of rotatable bonds is 4. The predicted octanol–water partition coefficient (Wildman–Crippen LogP) is 3.74. The topological polar surface area (TPSA) is 42.0 Å². The molecule has 0 spiro atoms. The van der Waals surface area contributed by atoms with Crippen molar-refractivity contribution in [1.29, 1.82) is 0 Å². The third-order valence-electron chi connectivity index (χ3n) is 2.29. The van der Waals surface area contributed by atoms with Crippen molar-refractivity contribution >= 4 is 35.0 Å². The minimum absolute atomic E-state index is 0.0519. The highest BCUT2D eigenvalue weighted by Gasteiger charge is 2.08. The first-order valence-electron chi connectivity index (χ1n) is 5.54. The number of thioether (sulfide) groups is 1. The highest BCUT2D eigenvalue weighted by molar-refractivity contribution is 8.00. The maximum Gasteiger partial charge on any atom is 0.234 e. The Morgan fingerprint density at radius 3 is 2.80 bits per heavy atom. The molecule has 1 aromatic heterocycles. The molecule has 104 valence electrons. The van der Waals surface area contributed by atoms with Gasteiger partial charge < -0.3 is 5.32 Å². The number of amides is 1. The van der Waals surface area contributed by atoms with Gasteiger partial charge in [-0.2, -0.15) is 0 Å². The van der Waals surface area contributed by atoms with Gasteiger partial charge in [-0.1, -0.05) is 11.6 Å². The van der Waals surface area contributed by atoms with E-state index >= 15 is 0 Å². The van der Waals surface area contributed by atoms with Crippen LogP contribution in [0.1, 0.15) is 0 Å². The number of benzene rings is 1. The molecule has 1 N–H and O–H groups in total. The lowest BCUT2D eigenvalue weighted by atomic mass is 10.3. The molecule has 0 aliphatic carbocycles. The van der Waals surface area contributed by atoms with Crippen LogP contribution < -0.4 is 5.32 Å². The summed E-state index contributed by atoms with van der Waals surface area (Å²) in [7, 11) is 0. The number of hydrogen-bond acceptors (Lipinski definition) is 3. The van der Waals surface area contributed by atoms with Crippen LogP contribution in [0.2, 0.25) is 5.15 Å². The van der Waals surface area contributed by atoms with Crippen molar-refractivity contribution in [3.8, 4) is 0 Å². The summed E-state index contributed by atoms with van der Waals surface area (Å²) in [5.74, 6) is -2.11. The minimum Gasteiger partial charge on any atom is -0.323 e. The molecule has 0 aliphatic heterocycles. The molecular formula is C13H9ClF2N2OS. The number of pyridine rings is 1. The van der Waals surface area contributed by atoms with Gasteiger partial charge >= 0.3 is 0 Å². The SMILES string of the molecule is O=C(CSc1ccc(F)c(F)c1)Nc1cccnc1Cl. The maximum atomic E-state index is 13.0. The number of carbonyl (C=O) groups is 1. The van der Waals surface area contributed by atoms with E-state index in [2.05, 4.69) is 10.3 Å². The molecule has 0 fully saturated rings. The van der Waals surface area contributed by atoms with Gasteiger partial charge in [0, 0.05) is 11.1 Å². The van der Waals surface area contributed by atoms with Gasteiger partial charge in [0.15, 0.2) is 16.8 Å². The van der Waals surface area contributed by atoms with E-state index < -0.39 is 11.6 Å². The number of hydrogen-bond donors (Lipinski definition) is 1. The van der Waals surface area contributed by atoms with Gasteiger partial charge in [-0.15, -0.1) is 11.8 Å². The van der Waals surface area contributed by atoms with Crippen molar-refractivity contribution in [3.05, 3.63) is 53.3 Å². The Labute approximate surface area is 123 Å². The van der Waals surface area contributed by atoms with Crippen LogP contribution in [0.5, 0.6) is 0 Å². The first-order chi connectivity index (χ1) is 9.56. The largest absolute Gasteiger partial charge is 0.323 e. The van der Waals surface area contributed by atoms with Crippen molar-refractivity contribution in [2.45, 2.75) is 4.90 Å². The van der Waals surface area contributed by atoms with E-state index in [-0.39, 0.29) is 16.8 Å². The molecule has 0 radical (unpaired) electrons. The van der Waals surface area contributed by atoms with E-state index in [9.17, 15) is 13.6 Å². The number of aromatic nitrogens is 1. The lowest BCUT2D eigenvalue weighted by Crippen LogP contribution is -2.14. The summed E-state index contributed by atoms with van der Waals surface area (Å²) < 4.78 is 25.7. The number of carbonyl (C=O) groups excluding carboxylic acids is 1. The molecule has 7 heteroatoms. The molecule has 1 amide bonds. The summed E-state index contributed by atoms with van der Waals surface area (Å²) in [5, 5.41) is 2.78. The molecule has 0 saturated heterocycles. The molecule has 1 heterocycles. The lowest BCUT2D eigenvalue weighted by molar-refractivity contribution is -0.113. The molecule has 0 unspecified atom stereocenters. The van der Waals surface area contributed by atoms with Crippen LogP contribution in [0.15, 0.2) is 41.4 Å². The van der Waals surface area contributed by atoms with Crippen LogP contribution in [0.4, 0.5) is 14.5 Å². The number of anilines is 1. The molecule has 2 rings (SSSR count). The number of halogens is 3. The fourth-order valence-corrected chi connectivity index (χ4v) is 2.27. The predicted molar refractivity (Wildman–Crippen MR) is 75.0 cm³/mol. The van der Waals surface area contributed by atoms with Crippen molar-refractivity contribution in [2.75, 3.05) is 11.1 Å². The average molecular weight is 315 g/mol. The van der Waals surface area contributed by atoms with Gasteiger partial charge in [0.1, 0.15) is 0 Å². The third-order valence-corrected chi connectivity index (χ3v) is 3.59. The monoisotopic (exact) mass is 314 g/mol. The minimum atomic E-state index is -0.939. The lowest BCUT2D eigenvalue weighted by Gasteiger charge is -2.06. The fraction of sp³-hybridized carbons (Fsp3) is 0.0769. The smallest absolute Gasteiger partial charge is 0.234 e. The summed E-state index contributed by atoms with van der Waals surface area (Å²) in [6.07, 6.45) is 1.51. The van der Waals surface area contributed by atoms with E-state index in [0.29, 0.717) is 10.6 Å². The van der Waals surface area contributed by atoms with Crippen molar-refractivity contribution in [1.82, 2.24) is 4.98 Å². The summed E-state index contributed by atoms with van der Waals surface area (Å²) in [5.41, 5.74) is 0.407. The van der Waals surface area contributed by atoms with Gasteiger partial charge in [0.2, 0.25) is 5.91 Å². The summed E-state index contributed by atoms with van der Waals surface area (Å²) in [6.45, 7) is 0. The van der Waals surface area contributed by atoms with E-state index in [1.807, 2.05) is 0 Å². The van der Waals surface area contributed by atoms with Gasteiger partial charge in [-0.05, 0) is 30.3 Å². The molecule has 3 nitrogen and oxygen atoms in total. The van der Waals surface area contributed by atoms with E-state index in [1.54, 1.807) is 12.1 Å². The quantitative estimate of drug-likeness (QED) is 0.690. The van der Waals surface area contributed by atoms with Crippen LogP contribution in [-0.2, 0) is 4.79 Å². The first kappa shape index (κ1) is 14.7. The molecular weight excluding hydrogens is 306 g/mol. The van der Waals surface area contributed by atoms with Gasteiger partial charge in [0.05, 0.1) is 11.4 Å². The van der Waals surface area contributed by atoms with Crippen LogP contribution in [0.3, 0.4) is 0 Å². The summed E-state index contributed by atoms with van der Waals surface area (Å²) >= 11 is 6.89. The van der Waals surface area contributed by atoms with Gasteiger partial charge in [-0.25, -0.2) is 13.8 Å². The van der Waals surface area contributed by atoms with Crippen LogP contribution >= 0.6 is 23.4 Å². The molecule has 1 aromatic carbocycles. The Morgan fingerprint density at radius 2 is 2.10 bits per heavy atom. The fourth-order valence-electron chi connectivity index (χ4n) is 1.38. The Balaban J connectivity index is 1.92. The van der Waals surface area contributed by atoms with Crippen molar-refractivity contribution in [3.63, 3.8) is 0 Å². The highest BCUT2D eigenvalue weighted by atomic mass is 35.5. The van der Waals surface area contributed by atoms with Crippen molar-refractivity contribution in [2.24, 2.45) is 0 Å².